The van der Waals surface area contributed by atoms with Crippen LogP contribution in [0.3, 0.4) is 0 Å². The number of aliphatic imine (C=N–C) groups is 1. The van der Waals surface area contributed by atoms with Gasteiger partial charge in [0.2, 0.25) is 0 Å². The molecule has 1 nitrogen and oxygen atoms in total. The molecule has 0 amide bonds. The Kier molecular flexibility index (Phi) is 5.21. The monoisotopic (exact) mass is 167 g/mol. The van der Waals surface area contributed by atoms with Crippen molar-refractivity contribution in [3.05, 3.63) is 0 Å². The van der Waals surface area contributed by atoms with Crippen LogP contribution < -0.4 is 0 Å². The molecule has 0 radical (unpaired) electrons. The molecule has 0 aromatic carbocycles. The molecule has 0 bridgehead atoms. The summed E-state index contributed by atoms with van der Waals surface area (Å²) in [6, 6.07) is 0. The summed E-state index contributed by atoms with van der Waals surface area (Å²) in [5.74, 6) is 0.581. The first-order valence-electron chi connectivity index (χ1n) is 3.02. The van der Waals surface area contributed by atoms with Crippen molar-refractivity contribution in [2.45, 2.75) is 20.3 Å². The minimum Gasteiger partial charge on any atom is -0.263 e. The molecule has 0 aliphatic rings. The van der Waals surface area contributed by atoms with E-state index < -0.39 is 0 Å². The van der Waals surface area contributed by atoms with Crippen LogP contribution in [0.25, 0.3) is 0 Å². The molecule has 0 fully saturated rings. The van der Waals surface area contributed by atoms with E-state index in [0.717, 1.165) is 13.0 Å². The van der Waals surface area contributed by atoms with Gasteiger partial charge in [0.25, 0.3) is 0 Å². The molecule has 54 valence electrons. The highest BCUT2D eigenvalue weighted by Crippen LogP contribution is 2.02. The molecule has 0 heterocycles. The van der Waals surface area contributed by atoms with Crippen molar-refractivity contribution < 1.29 is 0 Å². The molecule has 0 aromatic heterocycles. The van der Waals surface area contributed by atoms with Crippen LogP contribution in [-0.4, -0.2) is 11.2 Å². The standard InChI is InChI=1S/C6H11Cl2N/c1-3-5(2)4-9-6(7)8/h5H,3-4H2,1-2H3. The average Bonchev–Trinajstić information content (AvgIpc) is 1.83. The SMILES string of the molecule is CCC(C)CN=C(Cl)Cl. The summed E-state index contributed by atoms with van der Waals surface area (Å²) >= 11 is 10.6. The second kappa shape index (κ2) is 5.07. The van der Waals surface area contributed by atoms with Crippen molar-refractivity contribution in [1.82, 2.24) is 0 Å². The Hall–Kier alpha value is 0.250. The van der Waals surface area contributed by atoms with Crippen LogP contribution in [-0.2, 0) is 0 Å². The van der Waals surface area contributed by atoms with Crippen molar-refractivity contribution in [3.8, 4) is 0 Å². The molecule has 9 heavy (non-hydrogen) atoms. The van der Waals surface area contributed by atoms with Crippen molar-refractivity contribution in [1.29, 1.82) is 0 Å². The van der Waals surface area contributed by atoms with Crippen LogP contribution in [0.5, 0.6) is 0 Å². The van der Waals surface area contributed by atoms with Gasteiger partial charge in [-0.3, -0.25) is 4.99 Å². The first-order valence-corrected chi connectivity index (χ1v) is 3.77. The summed E-state index contributed by atoms with van der Waals surface area (Å²) in [6.07, 6.45) is 1.12. The van der Waals surface area contributed by atoms with Crippen LogP contribution in [0.1, 0.15) is 20.3 Å². The van der Waals surface area contributed by atoms with E-state index in [1.807, 2.05) is 0 Å². The minimum atomic E-state index is 0.135. The Labute approximate surface area is 66.1 Å². The first kappa shape index (κ1) is 9.25. The van der Waals surface area contributed by atoms with Gasteiger partial charge in [0, 0.05) is 6.54 Å². The Morgan fingerprint density at radius 3 is 2.44 bits per heavy atom. The number of nitrogens with zero attached hydrogens (tertiary/aromatic N) is 1. The number of hydrogen-bond donors (Lipinski definition) is 0. The lowest BCUT2D eigenvalue weighted by Gasteiger charge is -2.01. The molecule has 0 saturated carbocycles. The molecule has 0 saturated heterocycles. The lowest BCUT2D eigenvalue weighted by Crippen LogP contribution is -1.96. The smallest absolute Gasteiger partial charge is 0.191 e. The maximum Gasteiger partial charge on any atom is 0.191 e. The van der Waals surface area contributed by atoms with E-state index in [1.165, 1.54) is 0 Å². The summed E-state index contributed by atoms with van der Waals surface area (Å²) < 4.78 is 0.135. The molecule has 0 N–H and O–H groups in total. The molecular weight excluding hydrogens is 157 g/mol. The van der Waals surface area contributed by atoms with Gasteiger partial charge >= 0.3 is 0 Å². The van der Waals surface area contributed by atoms with Crippen molar-refractivity contribution >= 4 is 27.8 Å². The van der Waals surface area contributed by atoms with E-state index >= 15 is 0 Å². The zero-order valence-corrected chi connectivity index (χ0v) is 7.21. The molecule has 1 atom stereocenters. The fraction of sp³-hybridized carbons (Fsp3) is 0.833. The molecule has 0 aliphatic heterocycles. The van der Waals surface area contributed by atoms with Gasteiger partial charge in [0.1, 0.15) is 0 Å². The number of rotatable bonds is 3. The summed E-state index contributed by atoms with van der Waals surface area (Å²) in [6.45, 7) is 4.96. The number of halogens is 2. The topological polar surface area (TPSA) is 12.4 Å². The summed E-state index contributed by atoms with van der Waals surface area (Å²) in [7, 11) is 0. The van der Waals surface area contributed by atoms with Crippen molar-refractivity contribution in [3.63, 3.8) is 0 Å². The largest absolute Gasteiger partial charge is 0.263 e. The van der Waals surface area contributed by atoms with Gasteiger partial charge < -0.3 is 0 Å². The summed E-state index contributed by atoms with van der Waals surface area (Å²) in [5, 5.41) is 0. The van der Waals surface area contributed by atoms with Gasteiger partial charge in [-0.15, -0.1) is 0 Å². The van der Waals surface area contributed by atoms with Gasteiger partial charge in [0.15, 0.2) is 4.63 Å². The fourth-order valence-corrected chi connectivity index (χ4v) is 0.492. The zero-order chi connectivity index (χ0) is 7.28. The fourth-order valence-electron chi connectivity index (χ4n) is 0.354. The molecule has 3 heteroatoms. The van der Waals surface area contributed by atoms with Gasteiger partial charge in [-0.2, -0.15) is 0 Å². The molecular formula is C6H11Cl2N. The molecule has 0 aromatic rings. The van der Waals surface area contributed by atoms with Crippen LogP contribution >= 0.6 is 23.2 Å². The van der Waals surface area contributed by atoms with Crippen LogP contribution in [0.4, 0.5) is 0 Å². The lowest BCUT2D eigenvalue weighted by atomic mass is 10.1. The van der Waals surface area contributed by atoms with Crippen molar-refractivity contribution in [2.24, 2.45) is 10.9 Å². The highest BCUT2D eigenvalue weighted by molar-refractivity contribution is 6.95. The van der Waals surface area contributed by atoms with Gasteiger partial charge in [0.05, 0.1) is 0 Å². The highest BCUT2D eigenvalue weighted by atomic mass is 35.5. The minimum absolute atomic E-state index is 0.135. The second-order valence-corrected chi connectivity index (χ2v) is 3.00. The molecule has 0 aliphatic carbocycles. The van der Waals surface area contributed by atoms with E-state index in [0.29, 0.717) is 5.92 Å². The highest BCUT2D eigenvalue weighted by Gasteiger charge is 1.95. The zero-order valence-electron chi connectivity index (χ0n) is 5.69. The quantitative estimate of drug-likeness (QED) is 0.574. The predicted octanol–water partition coefficient (Wildman–Crippen LogP) is 2.87. The lowest BCUT2D eigenvalue weighted by molar-refractivity contribution is 0.578. The Morgan fingerprint density at radius 2 is 2.11 bits per heavy atom. The molecule has 0 spiro atoms. The summed E-state index contributed by atoms with van der Waals surface area (Å²) in [5.41, 5.74) is 0. The second-order valence-electron chi connectivity index (χ2n) is 2.09. The maximum absolute atomic E-state index is 5.29. The molecule has 0 rings (SSSR count). The third kappa shape index (κ3) is 6.13. The van der Waals surface area contributed by atoms with E-state index in [2.05, 4.69) is 18.8 Å². The van der Waals surface area contributed by atoms with E-state index in [4.69, 9.17) is 23.2 Å². The van der Waals surface area contributed by atoms with Crippen LogP contribution in [0.15, 0.2) is 4.99 Å². The van der Waals surface area contributed by atoms with Crippen molar-refractivity contribution in [2.75, 3.05) is 6.54 Å². The Balaban J connectivity index is 3.37. The van der Waals surface area contributed by atoms with Crippen LogP contribution in [0, 0.1) is 5.92 Å². The van der Waals surface area contributed by atoms with Gasteiger partial charge in [-0.05, 0) is 29.1 Å². The van der Waals surface area contributed by atoms with E-state index in [1.54, 1.807) is 0 Å². The third-order valence-corrected chi connectivity index (χ3v) is 1.46. The summed E-state index contributed by atoms with van der Waals surface area (Å²) in [4.78, 5) is 3.84. The Bertz CT molecular complexity index is 97.2. The first-order chi connectivity index (χ1) is 4.16. The number of hydrogen-bond acceptors (Lipinski definition) is 1. The normalized spacial score (nSPS) is 12.9. The van der Waals surface area contributed by atoms with Gasteiger partial charge in [-0.25, -0.2) is 0 Å². The Morgan fingerprint density at radius 1 is 1.56 bits per heavy atom. The van der Waals surface area contributed by atoms with E-state index in [9.17, 15) is 0 Å². The average molecular weight is 168 g/mol. The molecule has 1 unspecified atom stereocenters. The predicted molar refractivity (Wildman–Crippen MR) is 43.5 cm³/mol. The van der Waals surface area contributed by atoms with Gasteiger partial charge in [-0.1, -0.05) is 20.3 Å². The maximum atomic E-state index is 5.29. The van der Waals surface area contributed by atoms with Crippen LogP contribution in [0.2, 0.25) is 0 Å². The third-order valence-electron chi connectivity index (χ3n) is 1.22. The van der Waals surface area contributed by atoms with E-state index in [-0.39, 0.29) is 4.63 Å².